The van der Waals surface area contributed by atoms with Crippen molar-refractivity contribution in [3.05, 3.63) is 102 Å². The fourth-order valence-electron chi connectivity index (χ4n) is 3.68. The van der Waals surface area contributed by atoms with E-state index in [4.69, 9.17) is 0 Å². The molecular weight excluding hydrogens is 427 g/mol. The predicted octanol–water partition coefficient (Wildman–Crippen LogP) is 4.41. The molecule has 5 nitrogen and oxygen atoms in total. The highest BCUT2D eigenvalue weighted by atomic mass is 32.2. The van der Waals surface area contributed by atoms with Crippen LogP contribution in [0.4, 0.5) is 4.39 Å². The van der Waals surface area contributed by atoms with Crippen molar-refractivity contribution >= 4 is 26.6 Å². The largest absolute Gasteiger partial charge is 0.340 e. The summed E-state index contributed by atoms with van der Waals surface area (Å²) in [6.45, 7) is 0.491. The van der Waals surface area contributed by atoms with Crippen molar-refractivity contribution in [2.45, 2.75) is 23.7 Å². The van der Waals surface area contributed by atoms with Gasteiger partial charge in [0.2, 0.25) is 5.91 Å². The number of rotatable bonds is 7. The summed E-state index contributed by atoms with van der Waals surface area (Å²) in [6, 6.07) is 22.2. The third-order valence-corrected chi connectivity index (χ3v) is 7.06. The van der Waals surface area contributed by atoms with E-state index in [9.17, 15) is 17.6 Å². The van der Waals surface area contributed by atoms with Crippen LogP contribution in [0.3, 0.4) is 0 Å². The van der Waals surface area contributed by atoms with E-state index >= 15 is 0 Å². The number of aromatic nitrogens is 1. The van der Waals surface area contributed by atoms with Gasteiger partial charge in [-0.05, 0) is 29.3 Å². The second kappa shape index (κ2) is 8.96. The van der Waals surface area contributed by atoms with Crippen LogP contribution in [-0.4, -0.2) is 30.8 Å². The molecule has 0 N–H and O–H groups in total. The van der Waals surface area contributed by atoms with E-state index < -0.39 is 15.7 Å². The molecule has 7 heteroatoms. The molecule has 0 spiro atoms. The number of carbonyl (C=O) groups is 1. The monoisotopic (exact) mass is 450 g/mol. The second-order valence-corrected chi connectivity index (χ2v) is 9.72. The van der Waals surface area contributed by atoms with E-state index in [-0.39, 0.29) is 23.1 Å². The quantitative estimate of drug-likeness (QED) is 0.419. The summed E-state index contributed by atoms with van der Waals surface area (Å²) in [4.78, 5) is 14.6. The van der Waals surface area contributed by atoms with Gasteiger partial charge in [-0.3, -0.25) is 4.79 Å². The minimum Gasteiger partial charge on any atom is -0.340 e. The molecule has 32 heavy (non-hydrogen) atoms. The lowest BCUT2D eigenvalue weighted by atomic mass is 10.2. The molecule has 0 atom stereocenters. The first kappa shape index (κ1) is 21.8. The number of benzene rings is 3. The lowest BCUT2D eigenvalue weighted by Crippen LogP contribution is -2.29. The Labute approximate surface area is 186 Å². The SMILES string of the molecule is CN(Cc1ccccc1)C(=O)Cn1cc(S(=O)(=O)Cc2ccc(F)cc2)c2ccccc21. The standard InChI is InChI=1S/C25H23FN2O3S/c1-27(15-19-7-3-2-4-8-19)25(29)17-28-16-24(22-9-5-6-10-23(22)28)32(30,31)18-20-11-13-21(26)14-12-20/h2-14,16H,15,17-18H2,1H3. The Balaban J connectivity index is 1.61. The number of hydrogen-bond donors (Lipinski definition) is 0. The summed E-state index contributed by atoms with van der Waals surface area (Å²) in [7, 11) is -1.98. The van der Waals surface area contributed by atoms with Crippen LogP contribution in [0.2, 0.25) is 0 Å². The number of fused-ring (bicyclic) bond motifs is 1. The molecule has 0 bridgehead atoms. The molecule has 4 aromatic rings. The van der Waals surface area contributed by atoms with Crippen LogP contribution >= 0.6 is 0 Å². The number of carbonyl (C=O) groups excluding carboxylic acids is 1. The summed E-state index contributed by atoms with van der Waals surface area (Å²) in [5.41, 5.74) is 2.19. The minimum absolute atomic E-state index is 0.0237. The smallest absolute Gasteiger partial charge is 0.242 e. The molecule has 1 aromatic heterocycles. The highest BCUT2D eigenvalue weighted by Crippen LogP contribution is 2.28. The Morgan fingerprint density at radius 2 is 1.56 bits per heavy atom. The van der Waals surface area contributed by atoms with Gasteiger partial charge < -0.3 is 9.47 Å². The van der Waals surface area contributed by atoms with Gasteiger partial charge in [-0.25, -0.2) is 12.8 Å². The molecule has 0 fully saturated rings. The Bertz CT molecular complexity index is 1350. The lowest BCUT2D eigenvalue weighted by molar-refractivity contribution is -0.131. The van der Waals surface area contributed by atoms with Crippen molar-refractivity contribution in [1.82, 2.24) is 9.47 Å². The molecule has 0 saturated carbocycles. The van der Waals surface area contributed by atoms with Gasteiger partial charge in [0.25, 0.3) is 0 Å². The molecule has 1 amide bonds. The highest BCUT2D eigenvalue weighted by Gasteiger charge is 2.23. The zero-order chi connectivity index (χ0) is 22.7. The molecule has 0 aliphatic carbocycles. The zero-order valence-corrected chi connectivity index (χ0v) is 18.4. The average molecular weight is 451 g/mol. The topological polar surface area (TPSA) is 59.4 Å². The molecule has 0 aliphatic rings. The fourth-order valence-corrected chi connectivity index (χ4v) is 5.26. The third-order valence-electron chi connectivity index (χ3n) is 5.35. The molecule has 4 rings (SSSR count). The molecule has 0 radical (unpaired) electrons. The number of nitrogens with zero attached hydrogens (tertiary/aromatic N) is 2. The molecule has 164 valence electrons. The third kappa shape index (κ3) is 4.73. The molecule has 0 saturated heterocycles. The summed E-state index contributed by atoms with van der Waals surface area (Å²) in [5, 5.41) is 0.563. The van der Waals surface area contributed by atoms with E-state index in [0.717, 1.165) is 5.56 Å². The Morgan fingerprint density at radius 1 is 0.906 bits per heavy atom. The van der Waals surface area contributed by atoms with Gasteiger partial charge in [-0.15, -0.1) is 0 Å². The van der Waals surface area contributed by atoms with Gasteiger partial charge in [-0.2, -0.15) is 0 Å². The molecular formula is C25H23FN2O3S. The minimum atomic E-state index is -3.70. The number of sulfone groups is 1. The van der Waals surface area contributed by atoms with Gasteiger partial charge in [0, 0.05) is 30.7 Å². The van der Waals surface area contributed by atoms with E-state index in [0.29, 0.717) is 23.0 Å². The summed E-state index contributed by atoms with van der Waals surface area (Å²) in [6.07, 6.45) is 1.53. The van der Waals surface area contributed by atoms with E-state index in [1.54, 1.807) is 34.7 Å². The van der Waals surface area contributed by atoms with Gasteiger partial charge in [0.1, 0.15) is 12.4 Å². The molecule has 3 aromatic carbocycles. The highest BCUT2D eigenvalue weighted by molar-refractivity contribution is 7.90. The summed E-state index contributed by atoms with van der Waals surface area (Å²) >= 11 is 0. The van der Waals surface area contributed by atoms with Crippen LogP contribution in [0.1, 0.15) is 11.1 Å². The fraction of sp³-hybridized carbons (Fsp3) is 0.160. The first-order chi connectivity index (χ1) is 15.3. The van der Waals surface area contributed by atoms with Gasteiger partial charge in [0.05, 0.1) is 10.6 Å². The Hall–Kier alpha value is -3.45. The normalized spacial score (nSPS) is 11.6. The van der Waals surface area contributed by atoms with Crippen molar-refractivity contribution in [3.8, 4) is 0 Å². The van der Waals surface area contributed by atoms with Crippen molar-refractivity contribution in [3.63, 3.8) is 0 Å². The summed E-state index contributed by atoms with van der Waals surface area (Å²) in [5.74, 6) is -0.790. The Morgan fingerprint density at radius 3 is 2.28 bits per heavy atom. The first-order valence-corrected chi connectivity index (χ1v) is 11.8. The van der Waals surface area contributed by atoms with Gasteiger partial charge in [0.15, 0.2) is 9.84 Å². The van der Waals surface area contributed by atoms with Crippen LogP contribution < -0.4 is 0 Å². The zero-order valence-electron chi connectivity index (χ0n) is 17.6. The van der Waals surface area contributed by atoms with Crippen LogP contribution in [0.25, 0.3) is 10.9 Å². The van der Waals surface area contributed by atoms with Crippen LogP contribution in [-0.2, 0) is 33.5 Å². The molecule has 0 unspecified atom stereocenters. The number of amides is 1. The van der Waals surface area contributed by atoms with Crippen LogP contribution in [0, 0.1) is 5.82 Å². The van der Waals surface area contributed by atoms with E-state index in [2.05, 4.69) is 0 Å². The number of halogens is 1. The maximum absolute atomic E-state index is 13.2. The van der Waals surface area contributed by atoms with E-state index in [1.807, 2.05) is 36.4 Å². The summed E-state index contributed by atoms with van der Waals surface area (Å²) < 4.78 is 41.2. The number of para-hydroxylation sites is 1. The van der Waals surface area contributed by atoms with Gasteiger partial charge >= 0.3 is 0 Å². The maximum atomic E-state index is 13.2. The van der Waals surface area contributed by atoms with E-state index in [1.165, 1.54) is 30.5 Å². The first-order valence-electron chi connectivity index (χ1n) is 10.2. The van der Waals surface area contributed by atoms with Crippen LogP contribution in [0.5, 0.6) is 0 Å². The van der Waals surface area contributed by atoms with Crippen molar-refractivity contribution in [1.29, 1.82) is 0 Å². The van der Waals surface area contributed by atoms with Crippen molar-refractivity contribution in [2.75, 3.05) is 7.05 Å². The van der Waals surface area contributed by atoms with Crippen molar-refractivity contribution < 1.29 is 17.6 Å². The maximum Gasteiger partial charge on any atom is 0.242 e. The molecule has 0 aliphatic heterocycles. The van der Waals surface area contributed by atoms with Crippen LogP contribution in [0.15, 0.2) is 90.0 Å². The van der Waals surface area contributed by atoms with Gasteiger partial charge in [-0.1, -0.05) is 60.7 Å². The lowest BCUT2D eigenvalue weighted by Gasteiger charge is -2.18. The second-order valence-electron chi connectivity index (χ2n) is 7.76. The number of likely N-dealkylation sites (N-methyl/N-ethyl adjacent to an activating group) is 1. The molecule has 1 heterocycles. The average Bonchev–Trinajstić information content (AvgIpc) is 3.15. The predicted molar refractivity (Wildman–Crippen MR) is 122 cm³/mol. The van der Waals surface area contributed by atoms with Crippen molar-refractivity contribution in [2.24, 2.45) is 0 Å². The number of hydrogen-bond acceptors (Lipinski definition) is 3. The Kier molecular flexibility index (Phi) is 6.10.